The van der Waals surface area contributed by atoms with Crippen LogP contribution in [0.15, 0.2) is 18.2 Å². The number of aromatic hydroxyl groups is 1. The van der Waals surface area contributed by atoms with E-state index >= 15 is 0 Å². The number of phenols is 1. The number of phenolic OH excluding ortho intramolecular Hbond substituents is 1. The highest BCUT2D eigenvalue weighted by Crippen LogP contribution is 2.25. The largest absolute Gasteiger partial charge is 0.508 e. The zero-order valence-electron chi connectivity index (χ0n) is 10.9. The third kappa shape index (κ3) is 2.82. The minimum atomic E-state index is -0.158. The van der Waals surface area contributed by atoms with E-state index in [1.807, 2.05) is 26.0 Å². The Labute approximate surface area is 107 Å². The number of rotatable bonds is 3. The average molecular weight is 248 g/mol. The first kappa shape index (κ1) is 12.9. The molecule has 0 aliphatic carbocycles. The second-order valence-electron chi connectivity index (χ2n) is 4.94. The van der Waals surface area contributed by atoms with Gasteiger partial charge in [0.05, 0.1) is 6.04 Å². The van der Waals surface area contributed by atoms with Crippen molar-refractivity contribution >= 4 is 5.91 Å². The van der Waals surface area contributed by atoms with Gasteiger partial charge in [0.2, 0.25) is 5.91 Å². The molecule has 1 aromatic rings. The van der Waals surface area contributed by atoms with Crippen molar-refractivity contribution in [3.8, 4) is 5.75 Å². The molecule has 0 saturated carbocycles. The van der Waals surface area contributed by atoms with Crippen LogP contribution in [0, 0.1) is 6.92 Å². The number of carbonyl (C=O) groups excluding carboxylic acids is 1. The first-order chi connectivity index (χ1) is 8.58. The fourth-order valence-corrected chi connectivity index (χ4v) is 2.34. The van der Waals surface area contributed by atoms with Crippen molar-refractivity contribution in [2.24, 2.45) is 0 Å². The van der Waals surface area contributed by atoms with Gasteiger partial charge in [0.1, 0.15) is 5.75 Å². The number of benzene rings is 1. The van der Waals surface area contributed by atoms with E-state index < -0.39 is 0 Å². The molecule has 3 N–H and O–H groups in total. The third-order valence-corrected chi connectivity index (χ3v) is 3.39. The predicted octanol–water partition coefficient (Wildman–Crippen LogP) is 1.63. The van der Waals surface area contributed by atoms with Gasteiger partial charge in [0.25, 0.3) is 0 Å². The van der Waals surface area contributed by atoms with Crippen molar-refractivity contribution in [1.29, 1.82) is 0 Å². The SMILES string of the molecule is Cc1ccc(C(C)NC2CCCNC2=O)c(O)c1. The molecule has 1 saturated heterocycles. The molecule has 1 fully saturated rings. The molecule has 4 nitrogen and oxygen atoms in total. The van der Waals surface area contributed by atoms with Gasteiger partial charge in [-0.15, -0.1) is 0 Å². The minimum Gasteiger partial charge on any atom is -0.508 e. The van der Waals surface area contributed by atoms with Crippen molar-refractivity contribution in [1.82, 2.24) is 10.6 Å². The van der Waals surface area contributed by atoms with Gasteiger partial charge in [-0.25, -0.2) is 0 Å². The summed E-state index contributed by atoms with van der Waals surface area (Å²) in [6.07, 6.45) is 1.85. The van der Waals surface area contributed by atoms with Gasteiger partial charge in [0, 0.05) is 18.2 Å². The van der Waals surface area contributed by atoms with Crippen LogP contribution >= 0.6 is 0 Å². The molecule has 2 unspecified atom stereocenters. The van der Waals surface area contributed by atoms with E-state index in [1.165, 1.54) is 0 Å². The summed E-state index contributed by atoms with van der Waals surface area (Å²) in [5, 5.41) is 16.0. The molecular formula is C14H20N2O2. The van der Waals surface area contributed by atoms with E-state index in [9.17, 15) is 9.90 Å². The predicted molar refractivity (Wildman–Crippen MR) is 70.4 cm³/mol. The van der Waals surface area contributed by atoms with Crippen LogP contribution in [-0.4, -0.2) is 23.6 Å². The second kappa shape index (κ2) is 5.40. The number of hydrogen-bond acceptors (Lipinski definition) is 3. The van der Waals surface area contributed by atoms with Gasteiger partial charge in [-0.05, 0) is 38.3 Å². The monoisotopic (exact) mass is 248 g/mol. The molecule has 2 atom stereocenters. The van der Waals surface area contributed by atoms with Crippen molar-refractivity contribution < 1.29 is 9.90 Å². The second-order valence-corrected chi connectivity index (χ2v) is 4.94. The van der Waals surface area contributed by atoms with Gasteiger partial charge >= 0.3 is 0 Å². The Morgan fingerprint density at radius 2 is 2.28 bits per heavy atom. The lowest BCUT2D eigenvalue weighted by atomic mass is 10.0. The van der Waals surface area contributed by atoms with E-state index in [-0.39, 0.29) is 23.7 Å². The summed E-state index contributed by atoms with van der Waals surface area (Å²) in [6.45, 7) is 4.67. The summed E-state index contributed by atoms with van der Waals surface area (Å²) in [6, 6.07) is 5.42. The van der Waals surface area contributed by atoms with Crippen molar-refractivity contribution in [3.05, 3.63) is 29.3 Å². The van der Waals surface area contributed by atoms with Crippen molar-refractivity contribution in [2.75, 3.05) is 6.54 Å². The summed E-state index contributed by atoms with van der Waals surface area (Å²) >= 11 is 0. The molecule has 1 aliphatic heterocycles. The molecule has 0 spiro atoms. The molecule has 1 aromatic carbocycles. The number of nitrogens with one attached hydrogen (secondary N) is 2. The smallest absolute Gasteiger partial charge is 0.237 e. The van der Waals surface area contributed by atoms with Gasteiger partial charge in [-0.2, -0.15) is 0 Å². The maximum atomic E-state index is 11.7. The Hall–Kier alpha value is -1.55. The molecule has 0 aromatic heterocycles. The van der Waals surface area contributed by atoms with Crippen LogP contribution in [0.3, 0.4) is 0 Å². The molecule has 0 bridgehead atoms. The van der Waals surface area contributed by atoms with Crippen LogP contribution < -0.4 is 10.6 Å². The quantitative estimate of drug-likeness (QED) is 0.762. The van der Waals surface area contributed by atoms with Gasteiger partial charge in [0.15, 0.2) is 0 Å². The maximum Gasteiger partial charge on any atom is 0.237 e. The van der Waals surface area contributed by atoms with Crippen molar-refractivity contribution in [3.63, 3.8) is 0 Å². The highest BCUT2D eigenvalue weighted by atomic mass is 16.3. The normalized spacial score (nSPS) is 21.4. The number of piperidine rings is 1. The lowest BCUT2D eigenvalue weighted by Gasteiger charge is -2.26. The minimum absolute atomic E-state index is 0.0422. The maximum absolute atomic E-state index is 11.7. The van der Waals surface area contributed by atoms with Gasteiger partial charge in [-0.3, -0.25) is 10.1 Å². The van der Waals surface area contributed by atoms with Crippen molar-refractivity contribution in [2.45, 2.75) is 38.8 Å². The standard InChI is InChI=1S/C14H20N2O2/c1-9-5-6-11(13(17)8-9)10(2)16-12-4-3-7-15-14(12)18/h5-6,8,10,12,16-17H,3-4,7H2,1-2H3,(H,15,18). The van der Waals surface area contributed by atoms with Crippen LogP contribution in [0.5, 0.6) is 5.75 Å². The molecular weight excluding hydrogens is 228 g/mol. The zero-order chi connectivity index (χ0) is 13.1. The Morgan fingerprint density at radius 3 is 2.94 bits per heavy atom. The van der Waals surface area contributed by atoms with Gasteiger partial charge in [-0.1, -0.05) is 12.1 Å². The topological polar surface area (TPSA) is 61.4 Å². The summed E-state index contributed by atoms with van der Waals surface area (Å²) in [5.41, 5.74) is 1.86. The fraction of sp³-hybridized carbons (Fsp3) is 0.500. The average Bonchev–Trinajstić information content (AvgIpc) is 2.32. The van der Waals surface area contributed by atoms with Crippen LogP contribution in [0.25, 0.3) is 0 Å². The van der Waals surface area contributed by atoms with Crippen LogP contribution in [0.2, 0.25) is 0 Å². The molecule has 1 aliphatic rings. The molecule has 0 radical (unpaired) electrons. The first-order valence-corrected chi connectivity index (χ1v) is 6.41. The third-order valence-electron chi connectivity index (χ3n) is 3.39. The fourth-order valence-electron chi connectivity index (χ4n) is 2.34. The van der Waals surface area contributed by atoms with E-state index in [0.717, 1.165) is 30.5 Å². The number of carbonyl (C=O) groups is 1. The van der Waals surface area contributed by atoms with E-state index in [1.54, 1.807) is 6.07 Å². The number of aryl methyl sites for hydroxylation is 1. The first-order valence-electron chi connectivity index (χ1n) is 6.41. The summed E-state index contributed by atoms with van der Waals surface area (Å²) < 4.78 is 0. The lowest BCUT2D eigenvalue weighted by molar-refractivity contribution is -0.124. The number of amides is 1. The Morgan fingerprint density at radius 1 is 1.50 bits per heavy atom. The highest BCUT2D eigenvalue weighted by molar-refractivity contribution is 5.82. The van der Waals surface area contributed by atoms with Crippen LogP contribution in [-0.2, 0) is 4.79 Å². The Bertz CT molecular complexity index is 445. The van der Waals surface area contributed by atoms with E-state index in [0.29, 0.717) is 0 Å². The molecule has 1 heterocycles. The van der Waals surface area contributed by atoms with E-state index in [4.69, 9.17) is 0 Å². The summed E-state index contributed by atoms with van der Waals surface area (Å²) in [5.74, 6) is 0.339. The number of hydrogen-bond donors (Lipinski definition) is 3. The summed E-state index contributed by atoms with van der Waals surface area (Å²) in [4.78, 5) is 11.7. The molecule has 18 heavy (non-hydrogen) atoms. The molecule has 1 amide bonds. The van der Waals surface area contributed by atoms with Gasteiger partial charge < -0.3 is 10.4 Å². The molecule has 4 heteroatoms. The molecule has 2 rings (SSSR count). The zero-order valence-corrected chi connectivity index (χ0v) is 10.9. The Balaban J connectivity index is 2.06. The van der Waals surface area contributed by atoms with Crippen LogP contribution in [0.1, 0.15) is 36.9 Å². The van der Waals surface area contributed by atoms with E-state index in [2.05, 4.69) is 10.6 Å². The Kier molecular flexibility index (Phi) is 3.87. The summed E-state index contributed by atoms with van der Waals surface area (Å²) in [7, 11) is 0. The molecule has 98 valence electrons. The lowest BCUT2D eigenvalue weighted by Crippen LogP contribution is -2.48. The highest BCUT2D eigenvalue weighted by Gasteiger charge is 2.24. The van der Waals surface area contributed by atoms with Crippen LogP contribution in [0.4, 0.5) is 0 Å².